The molecule has 4 N–H and O–H groups in total. The molecule has 1 heterocycles. The first-order chi connectivity index (χ1) is 35.1. The van der Waals surface area contributed by atoms with Gasteiger partial charge in [0.05, 0.1) is 19.8 Å². The Morgan fingerprint density at radius 2 is 0.917 bits per heavy atom. The van der Waals surface area contributed by atoms with Crippen LogP contribution in [0.5, 0.6) is 0 Å². The second-order valence-electron chi connectivity index (χ2n) is 18.1. The van der Waals surface area contributed by atoms with Crippen LogP contribution in [0.1, 0.15) is 181 Å². The molecule has 1 fully saturated rings. The lowest BCUT2D eigenvalue weighted by Gasteiger charge is -2.41. The van der Waals surface area contributed by atoms with Crippen molar-refractivity contribution < 1.29 is 56.2 Å². The summed E-state index contributed by atoms with van der Waals surface area (Å²) in [5.41, 5.74) is 0. The van der Waals surface area contributed by atoms with E-state index >= 15 is 0 Å². The van der Waals surface area contributed by atoms with Crippen molar-refractivity contribution >= 4 is 16.4 Å². The zero-order valence-electron chi connectivity index (χ0n) is 44.2. The van der Waals surface area contributed by atoms with Crippen molar-refractivity contribution in [3.63, 3.8) is 0 Å². The number of aliphatic hydroxyl groups is 3. The Hall–Kier alpha value is -3.50. The fraction of sp³-hybridized carbons (Fsp3) is 0.644. The lowest BCUT2D eigenvalue weighted by molar-refractivity contribution is -0.301. The molecule has 1 saturated heterocycles. The smallest absolute Gasteiger partial charge is 0.397 e. The molecule has 1 aliphatic rings. The minimum absolute atomic E-state index is 0.0106. The number of esters is 1. The molecular formula is C59H96O12S. The predicted molar refractivity (Wildman–Crippen MR) is 294 cm³/mol. The standard InChI is InChI=1S/C59H96O12S/c1-3-5-7-9-11-13-15-17-19-21-23-24-25-26-27-28-29-31-33-35-37-39-41-43-45-47-49-67-51-53(52-68-59-57(63)58(71-72(64,65)66)56(62)54(50-60)70-59)69-55(61)48-46-44-42-40-38-36-34-32-30-22-20-18-16-14-12-10-8-6-4-2/h5-8,11-14,17-20,23-24,26-27,30,32,36,38,53-54,56-60,62-63H,3-4,9-10,15-16,21-22,25,28-29,31,33-35,37,39-52H2,1-2H3,(H,64,65,66)/b7-5-,8-6-,13-11-,14-12-,19-17-,20-18-,24-23-,27-26-,32-30-,38-36-. The summed E-state index contributed by atoms with van der Waals surface area (Å²) in [7, 11) is -5.08. The van der Waals surface area contributed by atoms with E-state index in [4.69, 9.17) is 18.9 Å². The number of rotatable bonds is 46. The van der Waals surface area contributed by atoms with Gasteiger partial charge in [-0.15, -0.1) is 0 Å². The molecule has 0 aliphatic carbocycles. The summed E-state index contributed by atoms with van der Waals surface area (Å²) in [4.78, 5) is 12.9. The van der Waals surface area contributed by atoms with Crippen molar-refractivity contribution in [3.8, 4) is 0 Å². The maximum Gasteiger partial charge on any atom is 0.397 e. The lowest BCUT2D eigenvalue weighted by atomic mass is 9.99. The molecular weight excluding hydrogens is 933 g/mol. The minimum Gasteiger partial charge on any atom is -0.457 e. The molecule has 1 rings (SSSR count). The van der Waals surface area contributed by atoms with Crippen molar-refractivity contribution in [3.05, 3.63) is 122 Å². The summed E-state index contributed by atoms with van der Waals surface area (Å²) in [6, 6.07) is 0. The van der Waals surface area contributed by atoms with Gasteiger partial charge in [-0.3, -0.25) is 9.35 Å². The Balaban J connectivity index is 2.36. The van der Waals surface area contributed by atoms with E-state index in [1.807, 2.05) is 0 Å². The zero-order valence-corrected chi connectivity index (χ0v) is 45.0. The highest BCUT2D eigenvalue weighted by molar-refractivity contribution is 7.80. The molecule has 12 nitrogen and oxygen atoms in total. The van der Waals surface area contributed by atoms with Crippen molar-refractivity contribution in [2.75, 3.05) is 26.4 Å². The normalized spacial score (nSPS) is 19.9. The molecule has 6 unspecified atom stereocenters. The van der Waals surface area contributed by atoms with Gasteiger partial charge in [0.2, 0.25) is 0 Å². The van der Waals surface area contributed by atoms with Crippen LogP contribution in [0.4, 0.5) is 0 Å². The molecule has 0 radical (unpaired) electrons. The van der Waals surface area contributed by atoms with Crippen LogP contribution in [0, 0.1) is 0 Å². The quantitative estimate of drug-likeness (QED) is 0.0197. The highest BCUT2D eigenvalue weighted by Gasteiger charge is 2.48. The van der Waals surface area contributed by atoms with Crippen LogP contribution in [0.3, 0.4) is 0 Å². The van der Waals surface area contributed by atoms with E-state index in [2.05, 4.69) is 140 Å². The Morgan fingerprint density at radius 1 is 0.528 bits per heavy atom. The molecule has 410 valence electrons. The number of hydrogen-bond acceptors (Lipinski definition) is 11. The van der Waals surface area contributed by atoms with Gasteiger partial charge in [0.25, 0.3) is 0 Å². The van der Waals surface area contributed by atoms with Gasteiger partial charge in [-0.1, -0.05) is 193 Å². The second-order valence-corrected chi connectivity index (χ2v) is 19.1. The third-order valence-corrected chi connectivity index (χ3v) is 12.0. The van der Waals surface area contributed by atoms with Gasteiger partial charge in [0.1, 0.15) is 30.5 Å². The predicted octanol–water partition coefficient (Wildman–Crippen LogP) is 13.3. The molecule has 0 amide bonds. The summed E-state index contributed by atoms with van der Waals surface area (Å²) in [5.74, 6) is -0.436. The van der Waals surface area contributed by atoms with Crippen molar-refractivity contribution in [1.82, 2.24) is 0 Å². The van der Waals surface area contributed by atoms with Crippen molar-refractivity contribution in [2.45, 2.75) is 218 Å². The van der Waals surface area contributed by atoms with E-state index < -0.39 is 59.8 Å². The molecule has 0 saturated carbocycles. The van der Waals surface area contributed by atoms with E-state index in [0.29, 0.717) is 13.0 Å². The maximum atomic E-state index is 12.9. The number of carbonyl (C=O) groups is 1. The van der Waals surface area contributed by atoms with E-state index in [9.17, 15) is 33.1 Å². The number of carbonyl (C=O) groups excluding carboxylic acids is 1. The third kappa shape index (κ3) is 40.9. The SMILES string of the molecule is CC/C=C\C/C=C\C/C=C\C/C=C\C/C=C\CCCCCCCCCCCCOCC(COC1OC(CO)C(O)C(OS(=O)(=O)O)C1O)OC(=O)CCCCC/C=C\C/C=C\C/C=C\C/C=C\C/C=C\CC. The first-order valence-electron chi connectivity index (χ1n) is 27.3. The summed E-state index contributed by atoms with van der Waals surface area (Å²) in [6.45, 7) is 3.70. The van der Waals surface area contributed by atoms with Gasteiger partial charge in [0.15, 0.2) is 6.29 Å². The monoisotopic (exact) mass is 1030 g/mol. The number of ether oxygens (including phenoxy) is 4. The zero-order chi connectivity index (χ0) is 52.4. The topological polar surface area (TPSA) is 178 Å². The van der Waals surface area contributed by atoms with Crippen molar-refractivity contribution in [1.29, 1.82) is 0 Å². The number of unbranched alkanes of at least 4 members (excludes halogenated alkanes) is 13. The average Bonchev–Trinajstić information content (AvgIpc) is 3.36. The molecule has 0 spiro atoms. The average molecular weight is 1030 g/mol. The van der Waals surface area contributed by atoms with Crippen LogP contribution >= 0.6 is 0 Å². The van der Waals surface area contributed by atoms with Crippen LogP contribution in [0.15, 0.2) is 122 Å². The summed E-state index contributed by atoms with van der Waals surface area (Å²) in [5, 5.41) is 30.8. The lowest BCUT2D eigenvalue weighted by Crippen LogP contribution is -2.60. The van der Waals surface area contributed by atoms with Crippen LogP contribution < -0.4 is 0 Å². The van der Waals surface area contributed by atoms with E-state index in [-0.39, 0.29) is 19.6 Å². The molecule has 0 aromatic carbocycles. The van der Waals surface area contributed by atoms with Crippen LogP contribution in [0.25, 0.3) is 0 Å². The number of allylic oxidation sites excluding steroid dienone is 20. The summed E-state index contributed by atoms with van der Waals surface area (Å²) in [6.07, 6.45) is 60.9. The highest BCUT2D eigenvalue weighted by atomic mass is 32.3. The molecule has 13 heteroatoms. The molecule has 6 atom stereocenters. The number of aliphatic hydroxyl groups excluding tert-OH is 3. The van der Waals surface area contributed by atoms with Gasteiger partial charge >= 0.3 is 16.4 Å². The van der Waals surface area contributed by atoms with Gasteiger partial charge < -0.3 is 34.3 Å². The van der Waals surface area contributed by atoms with Crippen LogP contribution in [-0.4, -0.2) is 97.5 Å². The van der Waals surface area contributed by atoms with Crippen LogP contribution in [-0.2, 0) is 38.3 Å². The highest BCUT2D eigenvalue weighted by Crippen LogP contribution is 2.26. The molecule has 0 aromatic heterocycles. The Kier molecular flexibility index (Phi) is 44.7. The van der Waals surface area contributed by atoms with E-state index in [1.165, 1.54) is 44.9 Å². The fourth-order valence-electron chi connectivity index (χ4n) is 7.55. The number of hydrogen-bond donors (Lipinski definition) is 4. The first kappa shape index (κ1) is 66.5. The summed E-state index contributed by atoms with van der Waals surface area (Å²) < 4.78 is 59.3. The maximum absolute atomic E-state index is 12.9. The van der Waals surface area contributed by atoms with Crippen LogP contribution in [0.2, 0.25) is 0 Å². The Morgan fingerprint density at radius 3 is 1.33 bits per heavy atom. The minimum atomic E-state index is -5.08. The molecule has 72 heavy (non-hydrogen) atoms. The molecule has 1 aliphatic heterocycles. The third-order valence-electron chi connectivity index (χ3n) is 11.6. The largest absolute Gasteiger partial charge is 0.457 e. The van der Waals surface area contributed by atoms with Gasteiger partial charge in [0, 0.05) is 13.0 Å². The Labute approximate surface area is 436 Å². The van der Waals surface area contributed by atoms with Gasteiger partial charge in [-0.25, -0.2) is 4.18 Å². The first-order valence-corrected chi connectivity index (χ1v) is 28.7. The van der Waals surface area contributed by atoms with E-state index in [0.717, 1.165) is 109 Å². The van der Waals surface area contributed by atoms with Crippen molar-refractivity contribution in [2.24, 2.45) is 0 Å². The second kappa shape index (κ2) is 48.4. The van der Waals surface area contributed by atoms with Gasteiger partial charge in [-0.2, -0.15) is 8.42 Å². The van der Waals surface area contributed by atoms with Gasteiger partial charge in [-0.05, 0) is 103 Å². The Bertz CT molecular complexity index is 1710. The summed E-state index contributed by atoms with van der Waals surface area (Å²) >= 11 is 0. The molecule has 0 bridgehead atoms. The van der Waals surface area contributed by atoms with E-state index in [1.54, 1.807) is 0 Å². The fourth-order valence-corrected chi connectivity index (χ4v) is 8.06. The molecule has 0 aromatic rings.